The van der Waals surface area contributed by atoms with Crippen molar-refractivity contribution in [3.8, 4) is 0 Å². The highest BCUT2D eigenvalue weighted by atomic mass is 16.5. The smallest absolute Gasteiger partial charge is 0.303 e. The average molecular weight is 318 g/mol. The number of fused-ring (bicyclic) bond motifs is 1. The molecule has 0 radical (unpaired) electrons. The molecular formula is C17H22N2O4. The van der Waals surface area contributed by atoms with Crippen molar-refractivity contribution in [2.75, 3.05) is 23.4 Å². The molecule has 0 spiro atoms. The van der Waals surface area contributed by atoms with Crippen LogP contribution in [0, 0.1) is 5.92 Å². The number of amides is 2. The van der Waals surface area contributed by atoms with Gasteiger partial charge in [0, 0.05) is 30.8 Å². The predicted octanol–water partition coefficient (Wildman–Crippen LogP) is 2.12. The van der Waals surface area contributed by atoms with Crippen LogP contribution in [0.2, 0.25) is 0 Å². The molecule has 1 N–H and O–H groups in total. The number of nitrogens with zero attached hydrogens (tertiary/aromatic N) is 1. The molecule has 6 heteroatoms. The quantitative estimate of drug-likeness (QED) is 0.863. The predicted molar refractivity (Wildman–Crippen MR) is 87.2 cm³/mol. The van der Waals surface area contributed by atoms with Gasteiger partial charge in [0.25, 0.3) is 5.91 Å². The molecular weight excluding hydrogens is 296 g/mol. The summed E-state index contributed by atoms with van der Waals surface area (Å²) in [5.41, 5.74) is 2.59. The van der Waals surface area contributed by atoms with Gasteiger partial charge in [0.15, 0.2) is 6.61 Å². The van der Waals surface area contributed by atoms with Crippen molar-refractivity contribution in [3.63, 3.8) is 0 Å². The van der Waals surface area contributed by atoms with E-state index in [9.17, 15) is 14.4 Å². The zero-order valence-electron chi connectivity index (χ0n) is 13.7. The normalized spacial score (nSPS) is 13.5. The Morgan fingerprint density at radius 1 is 1.30 bits per heavy atom. The number of nitrogens with one attached hydrogen (secondary N) is 1. The summed E-state index contributed by atoms with van der Waals surface area (Å²) in [5.74, 6) is -0.818. The van der Waals surface area contributed by atoms with E-state index in [0.717, 1.165) is 30.6 Å². The number of hydrogen-bond donors (Lipinski definition) is 1. The third-order valence-electron chi connectivity index (χ3n) is 3.65. The third-order valence-corrected chi connectivity index (χ3v) is 3.65. The van der Waals surface area contributed by atoms with Gasteiger partial charge in [-0.05, 0) is 36.6 Å². The van der Waals surface area contributed by atoms with Gasteiger partial charge in [-0.1, -0.05) is 13.8 Å². The van der Waals surface area contributed by atoms with E-state index in [4.69, 9.17) is 0 Å². The molecule has 23 heavy (non-hydrogen) atoms. The highest BCUT2D eigenvalue weighted by Gasteiger charge is 2.24. The first-order valence-electron chi connectivity index (χ1n) is 7.76. The van der Waals surface area contributed by atoms with Crippen LogP contribution < -0.4 is 10.2 Å². The molecule has 2 rings (SSSR count). The van der Waals surface area contributed by atoms with Crippen molar-refractivity contribution in [2.45, 2.75) is 33.6 Å². The Morgan fingerprint density at radius 3 is 2.70 bits per heavy atom. The Hall–Kier alpha value is -2.37. The lowest BCUT2D eigenvalue weighted by atomic mass is 9.99. The minimum Gasteiger partial charge on any atom is -0.456 e. The van der Waals surface area contributed by atoms with Crippen molar-refractivity contribution >= 4 is 29.2 Å². The first-order valence-corrected chi connectivity index (χ1v) is 7.76. The molecule has 1 aliphatic rings. The van der Waals surface area contributed by atoms with E-state index < -0.39 is 5.97 Å². The molecule has 1 aromatic carbocycles. The summed E-state index contributed by atoms with van der Waals surface area (Å²) in [7, 11) is 0. The second kappa shape index (κ2) is 7.26. The number of esters is 1. The van der Waals surface area contributed by atoms with Crippen molar-refractivity contribution in [2.24, 2.45) is 5.92 Å². The second-order valence-corrected chi connectivity index (χ2v) is 5.92. The molecule has 1 aliphatic heterocycles. The fourth-order valence-electron chi connectivity index (χ4n) is 2.58. The average Bonchev–Trinajstić information content (AvgIpc) is 2.51. The van der Waals surface area contributed by atoms with Crippen LogP contribution in [-0.4, -0.2) is 30.9 Å². The van der Waals surface area contributed by atoms with Gasteiger partial charge in [-0.15, -0.1) is 0 Å². The van der Waals surface area contributed by atoms with Crippen LogP contribution >= 0.6 is 0 Å². The van der Waals surface area contributed by atoms with Crippen molar-refractivity contribution in [1.82, 2.24) is 0 Å². The van der Waals surface area contributed by atoms with E-state index in [1.54, 1.807) is 6.07 Å². The fraction of sp³-hybridized carbons (Fsp3) is 0.471. The number of anilines is 2. The van der Waals surface area contributed by atoms with Crippen LogP contribution in [0.4, 0.5) is 11.4 Å². The molecule has 1 aromatic rings. The first kappa shape index (κ1) is 17.0. The zero-order chi connectivity index (χ0) is 17.0. The molecule has 0 bridgehead atoms. The summed E-state index contributed by atoms with van der Waals surface area (Å²) in [6.07, 6.45) is 1.77. The molecule has 0 aliphatic carbocycles. The summed E-state index contributed by atoms with van der Waals surface area (Å²) in [4.78, 5) is 36.5. The fourth-order valence-corrected chi connectivity index (χ4v) is 2.58. The summed E-state index contributed by atoms with van der Waals surface area (Å²) in [6, 6.07) is 5.49. The summed E-state index contributed by atoms with van der Waals surface area (Å²) in [6.45, 7) is 5.46. The molecule has 124 valence electrons. The van der Waals surface area contributed by atoms with Gasteiger partial charge >= 0.3 is 5.97 Å². The molecule has 1 heterocycles. The number of hydrogen-bond acceptors (Lipinski definition) is 4. The lowest BCUT2D eigenvalue weighted by Crippen LogP contribution is -2.38. The van der Waals surface area contributed by atoms with Gasteiger partial charge in [-0.3, -0.25) is 14.4 Å². The summed E-state index contributed by atoms with van der Waals surface area (Å²) >= 11 is 0. The van der Waals surface area contributed by atoms with Gasteiger partial charge in [0.1, 0.15) is 0 Å². The number of benzene rings is 1. The number of carbonyl (C=O) groups is 3. The Kier molecular flexibility index (Phi) is 5.36. The van der Waals surface area contributed by atoms with Gasteiger partial charge in [-0.25, -0.2) is 0 Å². The Labute approximate surface area is 135 Å². The largest absolute Gasteiger partial charge is 0.456 e. The lowest BCUT2D eigenvalue weighted by molar-refractivity contribution is -0.144. The number of rotatable bonds is 4. The molecule has 0 unspecified atom stereocenters. The van der Waals surface area contributed by atoms with Crippen LogP contribution in [0.1, 0.15) is 32.8 Å². The Balaban J connectivity index is 2.11. The second-order valence-electron chi connectivity index (χ2n) is 5.92. The van der Waals surface area contributed by atoms with Crippen LogP contribution in [-0.2, 0) is 25.5 Å². The maximum absolute atomic E-state index is 12.3. The third kappa shape index (κ3) is 4.31. The van der Waals surface area contributed by atoms with Crippen LogP contribution in [0.15, 0.2) is 18.2 Å². The maximum Gasteiger partial charge on any atom is 0.303 e. The van der Waals surface area contributed by atoms with Gasteiger partial charge in [-0.2, -0.15) is 0 Å². The van der Waals surface area contributed by atoms with E-state index >= 15 is 0 Å². The van der Waals surface area contributed by atoms with Crippen LogP contribution in [0.5, 0.6) is 0 Å². The van der Waals surface area contributed by atoms with Gasteiger partial charge in [0.05, 0.1) is 0 Å². The minimum atomic E-state index is -0.492. The molecule has 2 amide bonds. The topological polar surface area (TPSA) is 75.7 Å². The zero-order valence-corrected chi connectivity index (χ0v) is 13.7. The molecule has 0 saturated heterocycles. The summed E-state index contributed by atoms with van der Waals surface area (Å²) < 4.78 is 4.66. The number of ether oxygens (including phenoxy) is 1. The van der Waals surface area contributed by atoms with Crippen molar-refractivity contribution in [3.05, 3.63) is 23.8 Å². The molecule has 0 aromatic heterocycles. The summed E-state index contributed by atoms with van der Waals surface area (Å²) in [5, 5.41) is 2.69. The maximum atomic E-state index is 12.3. The van der Waals surface area contributed by atoms with Gasteiger partial charge < -0.3 is 15.0 Å². The van der Waals surface area contributed by atoms with Gasteiger partial charge in [0.2, 0.25) is 5.91 Å². The van der Waals surface area contributed by atoms with Crippen molar-refractivity contribution in [1.29, 1.82) is 0 Å². The van der Waals surface area contributed by atoms with Crippen LogP contribution in [0.25, 0.3) is 0 Å². The van der Waals surface area contributed by atoms with Crippen LogP contribution in [0.3, 0.4) is 0 Å². The molecule has 0 fully saturated rings. The number of carbonyl (C=O) groups excluding carboxylic acids is 3. The van der Waals surface area contributed by atoms with E-state index in [2.05, 4.69) is 10.1 Å². The first-order chi connectivity index (χ1) is 10.9. The highest BCUT2D eigenvalue weighted by Crippen LogP contribution is 2.30. The standard InChI is InChI=1S/C17H22N2O4/c1-11(2)17(22)19-8-4-5-13-9-14(6-7-15(13)19)18-16(21)10-23-12(3)20/h6-7,9,11H,4-5,8,10H2,1-3H3,(H,18,21). The lowest BCUT2D eigenvalue weighted by Gasteiger charge is -2.31. The molecule has 0 saturated carbocycles. The van der Waals surface area contributed by atoms with Crippen molar-refractivity contribution < 1.29 is 19.1 Å². The minimum absolute atomic E-state index is 0.0518. The monoisotopic (exact) mass is 318 g/mol. The Morgan fingerprint density at radius 2 is 2.04 bits per heavy atom. The van der Waals surface area contributed by atoms with E-state index in [1.165, 1.54) is 6.92 Å². The highest BCUT2D eigenvalue weighted by molar-refractivity contribution is 5.97. The Bertz CT molecular complexity index is 625. The number of aryl methyl sites for hydroxylation is 1. The van der Waals surface area contributed by atoms with E-state index in [-0.39, 0.29) is 24.3 Å². The SMILES string of the molecule is CC(=O)OCC(=O)Nc1ccc2c(c1)CCCN2C(=O)C(C)C. The van der Waals surface area contributed by atoms with E-state index in [0.29, 0.717) is 5.69 Å². The molecule has 0 atom stereocenters. The van der Waals surface area contributed by atoms with E-state index in [1.807, 2.05) is 30.9 Å². The molecule has 6 nitrogen and oxygen atoms in total.